The molecular weight excluding hydrogens is 451 g/mol. The van der Waals surface area contributed by atoms with E-state index in [4.69, 9.17) is 4.74 Å². The van der Waals surface area contributed by atoms with E-state index < -0.39 is 21.6 Å². The number of benzene rings is 3. The predicted molar refractivity (Wildman–Crippen MR) is 121 cm³/mol. The maximum atomic E-state index is 13.5. The van der Waals surface area contributed by atoms with Crippen LogP contribution in [0.5, 0.6) is 5.75 Å². The fourth-order valence-electron chi connectivity index (χ4n) is 3.68. The minimum absolute atomic E-state index is 0.0945. The van der Waals surface area contributed by atoms with E-state index in [-0.39, 0.29) is 17.0 Å². The van der Waals surface area contributed by atoms with E-state index in [1.165, 1.54) is 24.4 Å². The van der Waals surface area contributed by atoms with Crippen LogP contribution in [0, 0.1) is 6.92 Å². The van der Waals surface area contributed by atoms with E-state index in [0.29, 0.717) is 22.3 Å². The van der Waals surface area contributed by atoms with E-state index in [1.807, 2.05) is 6.07 Å². The molecule has 0 aliphatic rings. The van der Waals surface area contributed by atoms with Crippen LogP contribution >= 0.6 is 0 Å². The quantitative estimate of drug-likeness (QED) is 0.347. The lowest BCUT2D eigenvalue weighted by Crippen LogP contribution is -2.07. The summed E-state index contributed by atoms with van der Waals surface area (Å²) in [6.45, 7) is 2.01. The summed E-state index contributed by atoms with van der Waals surface area (Å²) in [7, 11) is -3.27. The van der Waals surface area contributed by atoms with Gasteiger partial charge in [0, 0.05) is 17.8 Å². The molecule has 0 atom stereocenters. The molecule has 0 aliphatic heterocycles. The van der Waals surface area contributed by atoms with Gasteiger partial charge in [-0.3, -0.25) is 4.98 Å². The summed E-state index contributed by atoms with van der Waals surface area (Å²) in [5.74, 6) is 0.538. The molecule has 4 aromatic rings. The van der Waals surface area contributed by atoms with Gasteiger partial charge in [0.15, 0.2) is 9.84 Å². The van der Waals surface area contributed by atoms with E-state index >= 15 is 0 Å². The molecule has 0 saturated heterocycles. The first-order valence-electron chi connectivity index (χ1n) is 10.0. The summed E-state index contributed by atoms with van der Waals surface area (Å²) in [6.07, 6.45) is -1.91. The van der Waals surface area contributed by atoms with Gasteiger partial charge in [0.2, 0.25) is 0 Å². The van der Waals surface area contributed by atoms with Crippen molar-refractivity contribution < 1.29 is 26.3 Å². The van der Waals surface area contributed by atoms with Crippen molar-refractivity contribution in [2.45, 2.75) is 24.6 Å². The summed E-state index contributed by atoms with van der Waals surface area (Å²) in [4.78, 5) is 4.29. The number of ether oxygens (including phenoxy) is 1. The van der Waals surface area contributed by atoms with Crippen molar-refractivity contribution in [3.63, 3.8) is 0 Å². The number of para-hydroxylation sites is 1. The van der Waals surface area contributed by atoms with Crippen LogP contribution in [-0.2, 0) is 22.6 Å². The zero-order chi connectivity index (χ0) is 23.8. The van der Waals surface area contributed by atoms with Crippen LogP contribution in [-0.4, -0.2) is 19.7 Å². The van der Waals surface area contributed by atoms with Gasteiger partial charge >= 0.3 is 6.18 Å². The lowest BCUT2D eigenvalue weighted by Gasteiger charge is -2.15. The normalized spacial score (nSPS) is 12.2. The van der Waals surface area contributed by atoms with Gasteiger partial charge in [-0.2, -0.15) is 13.2 Å². The van der Waals surface area contributed by atoms with Gasteiger partial charge in [0.25, 0.3) is 0 Å². The first-order chi connectivity index (χ1) is 15.5. The van der Waals surface area contributed by atoms with Gasteiger partial charge in [-0.15, -0.1) is 0 Å². The number of nitrogens with zero attached hydrogens (tertiary/aromatic N) is 1. The highest BCUT2D eigenvalue weighted by atomic mass is 32.2. The van der Waals surface area contributed by atoms with Crippen LogP contribution in [0.1, 0.15) is 16.7 Å². The van der Waals surface area contributed by atoms with Crippen molar-refractivity contribution in [1.29, 1.82) is 0 Å². The lowest BCUT2D eigenvalue weighted by molar-refractivity contribution is -0.136. The van der Waals surface area contributed by atoms with Crippen molar-refractivity contribution in [3.05, 3.63) is 89.6 Å². The fourth-order valence-corrected chi connectivity index (χ4v) is 4.31. The van der Waals surface area contributed by atoms with Crippen LogP contribution in [0.4, 0.5) is 13.2 Å². The molecule has 4 nitrogen and oxygen atoms in total. The highest BCUT2D eigenvalue weighted by Crippen LogP contribution is 2.38. The zero-order valence-electron chi connectivity index (χ0n) is 17.8. The molecule has 1 aromatic heterocycles. The molecule has 0 unspecified atom stereocenters. The molecule has 0 amide bonds. The van der Waals surface area contributed by atoms with Gasteiger partial charge in [-0.05, 0) is 59.5 Å². The first kappa shape index (κ1) is 22.8. The SMILES string of the molecule is Cc1cnc2c(C(F)(F)F)cccc2c1-c1cccc(OCc2ccc(S(C)(=O)=O)cc2)c1. The third kappa shape index (κ3) is 4.85. The molecule has 0 fully saturated rings. The second-order valence-electron chi connectivity index (χ2n) is 7.75. The Hall–Kier alpha value is -3.39. The molecular formula is C25H20F3NO3S. The molecule has 0 radical (unpaired) electrons. The molecule has 0 bridgehead atoms. The van der Waals surface area contributed by atoms with Crippen molar-refractivity contribution in [2.24, 2.45) is 0 Å². The number of hydrogen-bond acceptors (Lipinski definition) is 4. The third-order valence-corrected chi connectivity index (χ3v) is 6.40. The highest BCUT2D eigenvalue weighted by molar-refractivity contribution is 7.90. The number of fused-ring (bicyclic) bond motifs is 1. The number of aryl methyl sites for hydroxylation is 1. The van der Waals surface area contributed by atoms with Crippen molar-refractivity contribution >= 4 is 20.7 Å². The van der Waals surface area contributed by atoms with E-state index in [9.17, 15) is 21.6 Å². The Morgan fingerprint density at radius 1 is 0.970 bits per heavy atom. The monoisotopic (exact) mass is 471 g/mol. The molecule has 170 valence electrons. The molecule has 4 rings (SSSR count). The largest absolute Gasteiger partial charge is 0.489 e. The Bertz CT molecular complexity index is 1430. The van der Waals surface area contributed by atoms with Crippen LogP contribution in [0.2, 0.25) is 0 Å². The van der Waals surface area contributed by atoms with Crippen LogP contribution < -0.4 is 4.74 Å². The Balaban J connectivity index is 1.66. The summed E-state index contributed by atoms with van der Waals surface area (Å²) in [6, 6.07) is 17.6. The molecule has 3 aromatic carbocycles. The Kier molecular flexibility index (Phi) is 5.88. The average Bonchev–Trinajstić information content (AvgIpc) is 2.76. The number of alkyl halides is 3. The molecule has 0 saturated carbocycles. The maximum Gasteiger partial charge on any atom is 0.418 e. The highest BCUT2D eigenvalue weighted by Gasteiger charge is 2.33. The number of pyridine rings is 1. The van der Waals surface area contributed by atoms with Gasteiger partial charge in [0.05, 0.1) is 16.0 Å². The van der Waals surface area contributed by atoms with Crippen LogP contribution in [0.3, 0.4) is 0 Å². The third-order valence-electron chi connectivity index (χ3n) is 5.27. The number of sulfone groups is 1. The zero-order valence-corrected chi connectivity index (χ0v) is 18.7. The molecule has 8 heteroatoms. The molecule has 1 heterocycles. The molecule has 0 spiro atoms. The predicted octanol–water partition coefficient (Wildman–Crippen LogP) is 6.21. The first-order valence-corrected chi connectivity index (χ1v) is 11.9. The Labute approximate surface area is 189 Å². The minimum atomic E-state index is -4.50. The van der Waals surface area contributed by atoms with E-state index in [2.05, 4.69) is 4.98 Å². The van der Waals surface area contributed by atoms with Gasteiger partial charge in [-0.25, -0.2) is 8.42 Å². The number of rotatable bonds is 5. The smallest absolute Gasteiger partial charge is 0.418 e. The molecule has 33 heavy (non-hydrogen) atoms. The summed E-state index contributed by atoms with van der Waals surface area (Å²) in [5.41, 5.74) is 2.04. The van der Waals surface area contributed by atoms with Crippen LogP contribution in [0.15, 0.2) is 77.8 Å². The van der Waals surface area contributed by atoms with Gasteiger partial charge < -0.3 is 4.74 Å². The fraction of sp³-hybridized carbons (Fsp3) is 0.160. The van der Waals surface area contributed by atoms with Crippen molar-refractivity contribution in [1.82, 2.24) is 4.98 Å². The number of hydrogen-bond donors (Lipinski definition) is 0. The Morgan fingerprint density at radius 2 is 1.67 bits per heavy atom. The topological polar surface area (TPSA) is 56.3 Å². The minimum Gasteiger partial charge on any atom is -0.489 e. The van der Waals surface area contributed by atoms with Crippen molar-refractivity contribution in [2.75, 3.05) is 6.26 Å². The van der Waals surface area contributed by atoms with Crippen molar-refractivity contribution in [3.8, 4) is 16.9 Å². The van der Waals surface area contributed by atoms with Crippen LogP contribution in [0.25, 0.3) is 22.0 Å². The summed E-state index contributed by atoms with van der Waals surface area (Å²) >= 11 is 0. The maximum absolute atomic E-state index is 13.5. The summed E-state index contributed by atoms with van der Waals surface area (Å²) in [5, 5.41) is 0.415. The number of halogens is 3. The second kappa shape index (κ2) is 8.51. The van der Waals surface area contributed by atoms with E-state index in [1.54, 1.807) is 43.3 Å². The molecule has 0 N–H and O–H groups in total. The van der Waals surface area contributed by atoms with Gasteiger partial charge in [0.1, 0.15) is 12.4 Å². The number of aromatic nitrogens is 1. The lowest BCUT2D eigenvalue weighted by atomic mass is 9.95. The summed E-state index contributed by atoms with van der Waals surface area (Å²) < 4.78 is 69.5. The van der Waals surface area contributed by atoms with E-state index in [0.717, 1.165) is 23.4 Å². The standard InChI is InChI=1S/C25H20F3NO3S/c1-16-14-29-24-21(7-4-8-22(24)25(26,27)28)23(16)18-5-3-6-19(13-18)32-15-17-9-11-20(12-10-17)33(2,30)31/h3-14H,15H2,1-2H3. The molecule has 0 aliphatic carbocycles. The van der Waals surface area contributed by atoms with Gasteiger partial charge in [-0.1, -0.05) is 36.4 Å². The average molecular weight is 472 g/mol. The Morgan fingerprint density at radius 3 is 2.33 bits per heavy atom. The second-order valence-corrected chi connectivity index (χ2v) is 9.76.